The summed E-state index contributed by atoms with van der Waals surface area (Å²) in [4.78, 5) is 19.2. The third kappa shape index (κ3) is 5.53. The molecule has 36 heavy (non-hydrogen) atoms. The van der Waals surface area contributed by atoms with Gasteiger partial charge in [0.05, 0.1) is 12.0 Å². The molecule has 0 aliphatic carbocycles. The van der Waals surface area contributed by atoms with Gasteiger partial charge in [0.2, 0.25) is 0 Å². The van der Waals surface area contributed by atoms with Crippen LogP contribution in [-0.2, 0) is 13.0 Å². The molecule has 0 radical (unpaired) electrons. The highest BCUT2D eigenvalue weighted by molar-refractivity contribution is 7.14. The zero-order valence-electron chi connectivity index (χ0n) is 19.9. The molecule has 0 N–H and O–H groups in total. The Bertz CT molecular complexity index is 1520. The molecule has 178 valence electrons. The third-order valence-electron chi connectivity index (χ3n) is 5.84. The van der Waals surface area contributed by atoms with Gasteiger partial charge in [-0.3, -0.25) is 9.78 Å². The molecule has 0 spiro atoms. The number of fused-ring (bicyclic) bond motifs is 1. The number of methoxy groups -OCH3 is 1. The molecule has 0 bridgehead atoms. The van der Waals surface area contributed by atoms with Gasteiger partial charge in [-0.25, -0.2) is 0 Å². The van der Waals surface area contributed by atoms with Crippen molar-refractivity contribution in [2.24, 2.45) is 0 Å². The van der Waals surface area contributed by atoms with Crippen molar-refractivity contribution in [3.05, 3.63) is 130 Å². The fraction of sp³-hybridized carbons (Fsp3) is 0.0968. The molecule has 0 saturated carbocycles. The SMILES string of the molecule is COc1ccc(/C=C/C(=O)c2ccc(Cc3ccccc3)s2)cc1COc1cccc2cccnc12. The van der Waals surface area contributed by atoms with E-state index in [1.54, 1.807) is 30.7 Å². The molecule has 5 rings (SSSR count). The molecule has 2 heterocycles. The van der Waals surface area contributed by atoms with Crippen molar-refractivity contribution >= 4 is 34.1 Å². The van der Waals surface area contributed by atoms with Crippen LogP contribution in [0, 0.1) is 0 Å². The van der Waals surface area contributed by atoms with Crippen molar-refractivity contribution in [1.82, 2.24) is 4.98 Å². The van der Waals surface area contributed by atoms with Gasteiger partial charge < -0.3 is 9.47 Å². The van der Waals surface area contributed by atoms with Gasteiger partial charge in [0.1, 0.15) is 23.6 Å². The van der Waals surface area contributed by atoms with Gasteiger partial charge in [0.25, 0.3) is 0 Å². The minimum Gasteiger partial charge on any atom is -0.496 e. The number of para-hydroxylation sites is 1. The van der Waals surface area contributed by atoms with Crippen LogP contribution in [0.25, 0.3) is 17.0 Å². The molecule has 0 aliphatic rings. The van der Waals surface area contributed by atoms with Crippen LogP contribution in [0.4, 0.5) is 0 Å². The number of benzene rings is 3. The summed E-state index contributed by atoms with van der Waals surface area (Å²) >= 11 is 1.54. The number of thiophene rings is 1. The van der Waals surface area contributed by atoms with Crippen LogP contribution in [-0.4, -0.2) is 17.9 Å². The summed E-state index contributed by atoms with van der Waals surface area (Å²) in [5.74, 6) is 1.44. The first kappa shape index (κ1) is 23.5. The summed E-state index contributed by atoms with van der Waals surface area (Å²) in [6, 6.07) is 29.8. The molecule has 4 nitrogen and oxygen atoms in total. The second kappa shape index (κ2) is 11.0. The molecule has 0 atom stereocenters. The van der Waals surface area contributed by atoms with Gasteiger partial charge in [-0.15, -0.1) is 11.3 Å². The van der Waals surface area contributed by atoms with Crippen molar-refractivity contribution in [3.63, 3.8) is 0 Å². The maximum Gasteiger partial charge on any atom is 0.195 e. The van der Waals surface area contributed by atoms with Gasteiger partial charge >= 0.3 is 0 Å². The van der Waals surface area contributed by atoms with Crippen LogP contribution >= 0.6 is 11.3 Å². The van der Waals surface area contributed by atoms with Crippen molar-refractivity contribution in [2.75, 3.05) is 7.11 Å². The van der Waals surface area contributed by atoms with E-state index in [1.165, 1.54) is 10.4 Å². The zero-order valence-corrected chi connectivity index (χ0v) is 20.7. The Morgan fingerprint density at radius 1 is 0.917 bits per heavy atom. The molecule has 0 aliphatic heterocycles. The van der Waals surface area contributed by atoms with Crippen LogP contribution in [0.15, 0.2) is 103 Å². The Morgan fingerprint density at radius 3 is 2.64 bits per heavy atom. The second-order valence-electron chi connectivity index (χ2n) is 8.32. The minimum atomic E-state index is -0.00485. The molecular weight excluding hydrogens is 466 g/mol. The number of pyridine rings is 1. The number of aromatic nitrogens is 1. The van der Waals surface area contributed by atoms with Crippen LogP contribution < -0.4 is 9.47 Å². The van der Waals surface area contributed by atoms with Gasteiger partial charge in [0.15, 0.2) is 5.78 Å². The lowest BCUT2D eigenvalue weighted by Gasteiger charge is -2.12. The van der Waals surface area contributed by atoms with Crippen molar-refractivity contribution < 1.29 is 14.3 Å². The molecule has 0 unspecified atom stereocenters. The monoisotopic (exact) mass is 491 g/mol. The smallest absolute Gasteiger partial charge is 0.195 e. The zero-order chi connectivity index (χ0) is 24.7. The standard InChI is InChI=1S/C31H25NO3S/c1-34-28-16-13-23(19-25(28)21-35-29-11-5-9-24-10-6-18-32-31(24)29)12-15-27(33)30-17-14-26(36-30)20-22-7-3-2-4-8-22/h2-19H,20-21H2,1H3/b15-12+. The van der Waals surface area contributed by atoms with E-state index in [-0.39, 0.29) is 5.78 Å². The number of allylic oxidation sites excluding steroid dienone is 1. The van der Waals surface area contributed by atoms with Gasteiger partial charge in [-0.2, -0.15) is 0 Å². The largest absolute Gasteiger partial charge is 0.496 e. The molecule has 0 amide bonds. The van der Waals surface area contributed by atoms with Gasteiger partial charge in [-0.1, -0.05) is 60.7 Å². The summed E-state index contributed by atoms with van der Waals surface area (Å²) in [6.45, 7) is 0.322. The number of nitrogens with zero attached hydrogens (tertiary/aromatic N) is 1. The predicted molar refractivity (Wildman–Crippen MR) is 146 cm³/mol. The Hall–Kier alpha value is -4.22. The van der Waals surface area contributed by atoms with E-state index in [9.17, 15) is 4.79 Å². The number of ether oxygens (including phenoxy) is 2. The fourth-order valence-corrected chi connectivity index (χ4v) is 4.98. The summed E-state index contributed by atoms with van der Waals surface area (Å²) in [5, 5.41) is 1.03. The average molecular weight is 492 g/mol. The van der Waals surface area contributed by atoms with E-state index in [0.717, 1.165) is 44.8 Å². The first-order valence-electron chi connectivity index (χ1n) is 11.7. The molecule has 0 saturated heterocycles. The average Bonchev–Trinajstić information content (AvgIpc) is 3.39. The Labute approximate surface area is 214 Å². The third-order valence-corrected chi connectivity index (χ3v) is 6.94. The lowest BCUT2D eigenvalue weighted by Crippen LogP contribution is -2.00. The van der Waals surface area contributed by atoms with Crippen LogP contribution in [0.1, 0.15) is 31.2 Å². The minimum absolute atomic E-state index is 0.00485. The summed E-state index contributed by atoms with van der Waals surface area (Å²) < 4.78 is 11.7. The first-order chi connectivity index (χ1) is 17.7. The molecule has 5 aromatic rings. The molecule has 2 aromatic heterocycles. The maximum absolute atomic E-state index is 12.8. The quantitative estimate of drug-likeness (QED) is 0.160. The predicted octanol–water partition coefficient (Wildman–Crippen LogP) is 7.37. The summed E-state index contributed by atoms with van der Waals surface area (Å²) in [7, 11) is 1.64. The van der Waals surface area contributed by atoms with Crippen LogP contribution in [0.2, 0.25) is 0 Å². The highest BCUT2D eigenvalue weighted by Gasteiger charge is 2.10. The number of carbonyl (C=O) groups is 1. The highest BCUT2D eigenvalue weighted by Crippen LogP contribution is 2.27. The van der Waals surface area contributed by atoms with E-state index in [2.05, 4.69) is 17.1 Å². The second-order valence-corrected chi connectivity index (χ2v) is 9.49. The van der Waals surface area contributed by atoms with E-state index in [1.807, 2.05) is 84.9 Å². The Morgan fingerprint density at radius 2 is 1.78 bits per heavy atom. The summed E-state index contributed by atoms with van der Waals surface area (Å²) in [6.07, 6.45) is 6.05. The molecule has 5 heteroatoms. The van der Waals surface area contributed by atoms with Gasteiger partial charge in [0, 0.05) is 28.4 Å². The van der Waals surface area contributed by atoms with Crippen molar-refractivity contribution in [2.45, 2.75) is 13.0 Å². The highest BCUT2D eigenvalue weighted by atomic mass is 32.1. The number of carbonyl (C=O) groups excluding carboxylic acids is 1. The fourth-order valence-electron chi connectivity index (χ4n) is 4.02. The summed E-state index contributed by atoms with van der Waals surface area (Å²) in [5.41, 5.74) is 3.85. The lowest BCUT2D eigenvalue weighted by molar-refractivity contribution is 0.105. The Kier molecular flexibility index (Phi) is 7.20. The van der Waals surface area contributed by atoms with Crippen LogP contribution in [0.5, 0.6) is 11.5 Å². The van der Waals surface area contributed by atoms with E-state index < -0.39 is 0 Å². The normalized spacial score (nSPS) is 11.1. The molecular formula is C31H25NO3S. The van der Waals surface area contributed by atoms with Crippen molar-refractivity contribution in [1.29, 1.82) is 0 Å². The van der Waals surface area contributed by atoms with Crippen LogP contribution in [0.3, 0.4) is 0 Å². The van der Waals surface area contributed by atoms with Crippen molar-refractivity contribution in [3.8, 4) is 11.5 Å². The first-order valence-corrected chi connectivity index (χ1v) is 12.5. The lowest BCUT2D eigenvalue weighted by atomic mass is 10.1. The molecule has 3 aromatic carbocycles. The maximum atomic E-state index is 12.8. The number of hydrogen-bond donors (Lipinski definition) is 0. The Balaban J connectivity index is 1.28. The number of hydrogen-bond acceptors (Lipinski definition) is 5. The molecule has 0 fully saturated rings. The van der Waals surface area contributed by atoms with E-state index in [0.29, 0.717) is 6.61 Å². The number of ketones is 1. The number of rotatable bonds is 9. The van der Waals surface area contributed by atoms with Gasteiger partial charge in [-0.05, 0) is 53.6 Å². The van der Waals surface area contributed by atoms with E-state index >= 15 is 0 Å². The topological polar surface area (TPSA) is 48.4 Å². The van der Waals surface area contributed by atoms with E-state index in [4.69, 9.17) is 9.47 Å².